The van der Waals surface area contributed by atoms with E-state index in [0.717, 1.165) is 5.65 Å². The summed E-state index contributed by atoms with van der Waals surface area (Å²) < 4.78 is 7.37. The SMILES string of the molecule is C.CC(C)(C)n1cnc2c(=O)nc(N)[nH]c(=O)c21.CC(C)(C)n1cnc2c1C(=O)NCC(=O)C2.Cc1nc(N)c2c(ncn2C(C)(C)C)c(=N)n1.Cc1nc(N)c2ncn(C(C)(C)C)c2n1. The Kier molecular flexibility index (Phi) is 14.4. The summed E-state index contributed by atoms with van der Waals surface area (Å²) in [4.78, 5) is 85.9. The van der Waals surface area contributed by atoms with Crippen molar-refractivity contribution in [2.75, 3.05) is 23.7 Å². The van der Waals surface area contributed by atoms with Crippen molar-refractivity contribution in [1.29, 1.82) is 5.41 Å². The van der Waals surface area contributed by atoms with Crippen molar-refractivity contribution in [3.05, 3.63) is 74.5 Å². The molecule has 0 unspecified atom stereocenters. The summed E-state index contributed by atoms with van der Waals surface area (Å²) in [6.45, 7) is 27.8. The third-order valence-electron chi connectivity index (χ3n) is 9.73. The summed E-state index contributed by atoms with van der Waals surface area (Å²) >= 11 is 0. The van der Waals surface area contributed by atoms with Crippen LogP contribution in [0.3, 0.4) is 0 Å². The monoisotopic (exact) mass is 910 g/mol. The number of fused-ring (bicyclic) bond motifs is 4. The maximum atomic E-state index is 11.9. The average Bonchev–Trinajstić information content (AvgIpc) is 3.95. The number of aromatic nitrogens is 14. The molecule has 8 heterocycles. The molecule has 354 valence electrons. The second-order valence-corrected chi connectivity index (χ2v) is 19.3. The number of amides is 1. The summed E-state index contributed by atoms with van der Waals surface area (Å²) in [5.74, 6) is 1.52. The quantitative estimate of drug-likeness (QED) is 0.127. The molecule has 0 fully saturated rings. The van der Waals surface area contributed by atoms with E-state index in [9.17, 15) is 19.2 Å². The van der Waals surface area contributed by atoms with Crippen molar-refractivity contribution in [2.24, 2.45) is 0 Å². The van der Waals surface area contributed by atoms with Gasteiger partial charge in [0.15, 0.2) is 34.1 Å². The van der Waals surface area contributed by atoms with Gasteiger partial charge in [0, 0.05) is 22.2 Å². The molecular weight excluding hydrogens is 847 g/mol. The fourth-order valence-corrected chi connectivity index (χ4v) is 6.64. The summed E-state index contributed by atoms with van der Waals surface area (Å²) in [5.41, 5.74) is 19.3. The summed E-state index contributed by atoms with van der Waals surface area (Å²) in [7, 11) is 0. The van der Waals surface area contributed by atoms with Gasteiger partial charge in [0.1, 0.15) is 39.4 Å². The van der Waals surface area contributed by atoms with Gasteiger partial charge < -0.3 is 40.8 Å². The van der Waals surface area contributed by atoms with Crippen LogP contribution in [0.5, 0.6) is 0 Å². The summed E-state index contributed by atoms with van der Waals surface area (Å²) in [6, 6.07) is 0. The first-order chi connectivity index (χ1) is 29.9. The normalized spacial score (nSPS) is 13.0. The van der Waals surface area contributed by atoms with Crippen LogP contribution in [0.25, 0.3) is 33.2 Å². The van der Waals surface area contributed by atoms with E-state index in [1.807, 2.05) is 82.9 Å². The first-order valence-corrected chi connectivity index (χ1v) is 20.6. The van der Waals surface area contributed by atoms with Crippen LogP contribution in [0, 0.1) is 19.3 Å². The zero-order chi connectivity index (χ0) is 48.7. The molecule has 0 spiro atoms. The first-order valence-electron chi connectivity index (χ1n) is 20.6. The van der Waals surface area contributed by atoms with Gasteiger partial charge in [0.25, 0.3) is 11.5 Å². The third kappa shape index (κ3) is 11.1. The zero-order valence-corrected chi connectivity index (χ0v) is 39.4. The number of hydrogen-bond acceptors (Lipinski definition) is 17. The number of hydrogen-bond donors (Lipinski definition) is 6. The Morgan fingerprint density at radius 3 is 1.65 bits per heavy atom. The number of nitrogens with one attached hydrogen (secondary N) is 3. The molecule has 0 radical (unpaired) electrons. The lowest BCUT2D eigenvalue weighted by Crippen LogP contribution is -2.32. The number of aromatic amines is 1. The van der Waals surface area contributed by atoms with Crippen molar-refractivity contribution in [3.63, 3.8) is 0 Å². The van der Waals surface area contributed by atoms with Crippen molar-refractivity contribution in [3.8, 4) is 0 Å². The second kappa shape index (κ2) is 18.6. The Hall–Kier alpha value is -7.46. The fourth-order valence-electron chi connectivity index (χ4n) is 6.64. The van der Waals surface area contributed by atoms with Crippen LogP contribution in [0.4, 0.5) is 17.6 Å². The predicted molar refractivity (Wildman–Crippen MR) is 254 cm³/mol. The zero-order valence-electron chi connectivity index (χ0n) is 39.4. The van der Waals surface area contributed by atoms with E-state index in [1.165, 1.54) is 6.33 Å². The minimum atomic E-state index is -0.612. The molecule has 7 aromatic heterocycles. The number of ketones is 1. The minimum Gasteiger partial charge on any atom is -0.382 e. The molecule has 9 N–H and O–H groups in total. The number of H-pyrrole nitrogens is 1. The molecule has 0 saturated heterocycles. The Morgan fingerprint density at radius 2 is 1.08 bits per heavy atom. The number of carbonyl (C=O) groups is 2. The molecule has 0 aromatic carbocycles. The van der Waals surface area contributed by atoms with Gasteiger partial charge in [-0.15, -0.1) is 0 Å². The van der Waals surface area contributed by atoms with Crippen LogP contribution in [0.15, 0.2) is 34.9 Å². The highest BCUT2D eigenvalue weighted by Gasteiger charge is 2.29. The number of nitrogens with two attached hydrogens (primary N) is 3. The maximum Gasteiger partial charge on any atom is 0.301 e. The second-order valence-electron chi connectivity index (χ2n) is 19.3. The topological polar surface area (TPSA) is 334 Å². The van der Waals surface area contributed by atoms with Crippen LogP contribution >= 0.6 is 0 Å². The largest absolute Gasteiger partial charge is 0.382 e. The molecule has 1 aliphatic heterocycles. The summed E-state index contributed by atoms with van der Waals surface area (Å²) in [5, 5.41) is 10.5. The van der Waals surface area contributed by atoms with Crippen LogP contribution < -0.4 is 39.1 Å². The minimum absolute atomic E-state index is 0. The van der Waals surface area contributed by atoms with E-state index in [-0.39, 0.29) is 76.7 Å². The van der Waals surface area contributed by atoms with E-state index < -0.39 is 11.1 Å². The number of nitrogen functional groups attached to an aromatic ring is 3. The van der Waals surface area contributed by atoms with Crippen molar-refractivity contribution in [2.45, 2.75) is 133 Å². The number of aryl methyl sites for hydroxylation is 2. The van der Waals surface area contributed by atoms with E-state index >= 15 is 0 Å². The predicted octanol–water partition coefficient (Wildman–Crippen LogP) is 3.37. The van der Waals surface area contributed by atoms with Gasteiger partial charge in [-0.05, 0) is 96.9 Å². The molecule has 23 heteroatoms. The average molecular weight is 910 g/mol. The molecule has 7 aromatic rings. The molecule has 1 aliphatic rings. The first kappa shape index (κ1) is 51.2. The van der Waals surface area contributed by atoms with Gasteiger partial charge in [-0.25, -0.2) is 39.9 Å². The van der Waals surface area contributed by atoms with Gasteiger partial charge >= 0.3 is 5.56 Å². The number of rotatable bonds is 0. The number of nitrogens with zero attached hydrogens (tertiary/aromatic N) is 13. The molecule has 23 nitrogen and oxygen atoms in total. The number of carbonyl (C=O) groups excluding carboxylic acids is 2. The third-order valence-corrected chi connectivity index (χ3v) is 9.73. The lowest BCUT2D eigenvalue weighted by Gasteiger charge is -2.23. The Morgan fingerprint density at radius 1 is 0.591 bits per heavy atom. The van der Waals surface area contributed by atoms with Gasteiger partial charge in [0.05, 0.1) is 44.0 Å². The lowest BCUT2D eigenvalue weighted by molar-refractivity contribution is -0.117. The maximum absolute atomic E-state index is 11.9. The lowest BCUT2D eigenvalue weighted by atomic mass is 10.1. The van der Waals surface area contributed by atoms with E-state index in [4.69, 9.17) is 22.6 Å². The number of Topliss-reactive ketones (excluding diaryl/α,β-unsaturated/α-hetero) is 1. The molecule has 0 atom stereocenters. The van der Waals surface area contributed by atoms with Crippen LogP contribution in [-0.2, 0) is 33.4 Å². The Labute approximate surface area is 381 Å². The molecule has 66 heavy (non-hydrogen) atoms. The number of anilines is 3. The van der Waals surface area contributed by atoms with Crippen LogP contribution in [-0.4, -0.2) is 86.3 Å². The standard InChI is InChI=1S/C11H16N6.C11H15N3O2.C10H13N5O2.C10H15N5.CH4/c1-6-15-9(12)7-8(10(13)16-6)17(5-14-7)11(2,3)4;1-11(2,3)14-6-13-8-4-7(15)5-12-10(16)9(8)14;1-10(2,3)15-4-12-5-6(15)8(17)14-9(11)13-7(5)16;1-6-13-8(11)7-9(14-6)15(5-12-7)10(2,3)4;/h5H,1-4H3,(H3,12,13,15,16);6H,4-5H2,1-3H3,(H,12,16);4H,1-3H3,(H3,11,13,14,16,17);5H,1-4H3,(H2,11,13,14);1H4. The van der Waals surface area contributed by atoms with Gasteiger partial charge in [0.2, 0.25) is 5.95 Å². The smallest absolute Gasteiger partial charge is 0.301 e. The van der Waals surface area contributed by atoms with Crippen molar-refractivity contribution in [1.82, 2.24) is 73.4 Å². The van der Waals surface area contributed by atoms with Gasteiger partial charge in [-0.3, -0.25) is 29.6 Å². The molecular formula is C43H63N19O4. The highest BCUT2D eigenvalue weighted by molar-refractivity contribution is 6.00. The summed E-state index contributed by atoms with van der Waals surface area (Å²) in [6.07, 6.45) is 6.76. The Bertz CT molecular complexity index is 3130. The molecule has 0 bridgehead atoms. The van der Waals surface area contributed by atoms with Crippen LogP contribution in [0.2, 0.25) is 0 Å². The van der Waals surface area contributed by atoms with E-state index in [0.29, 0.717) is 51.2 Å². The molecule has 0 aliphatic carbocycles. The van der Waals surface area contributed by atoms with Gasteiger partial charge in [-0.2, -0.15) is 4.98 Å². The molecule has 1 amide bonds. The fraction of sp³-hybridized carbons (Fsp3) is 0.488. The van der Waals surface area contributed by atoms with Crippen molar-refractivity contribution >= 4 is 62.5 Å². The number of imidazole rings is 4. The molecule has 0 saturated carbocycles. The van der Waals surface area contributed by atoms with Crippen LogP contribution in [0.1, 0.15) is 118 Å². The van der Waals surface area contributed by atoms with E-state index in [1.54, 1.807) is 30.5 Å². The van der Waals surface area contributed by atoms with E-state index in [2.05, 4.69) is 75.9 Å². The highest BCUT2D eigenvalue weighted by Crippen LogP contribution is 2.25. The Balaban J connectivity index is 0.000000192. The molecule has 8 rings (SSSR count). The van der Waals surface area contributed by atoms with Crippen molar-refractivity contribution < 1.29 is 9.59 Å². The highest BCUT2D eigenvalue weighted by atomic mass is 16.2. The van der Waals surface area contributed by atoms with Gasteiger partial charge in [-0.1, -0.05) is 7.43 Å².